The predicted molar refractivity (Wildman–Crippen MR) is 65.5 cm³/mol. The summed E-state index contributed by atoms with van der Waals surface area (Å²) in [5.41, 5.74) is -0.709. The molecule has 1 aromatic rings. The molecule has 0 unspecified atom stereocenters. The van der Waals surface area contributed by atoms with Crippen LogP contribution in [-0.2, 0) is 13.0 Å². The molecule has 0 fully saturated rings. The van der Waals surface area contributed by atoms with Crippen molar-refractivity contribution < 1.29 is 9.63 Å². The number of aromatic nitrogens is 2. The van der Waals surface area contributed by atoms with Gasteiger partial charge in [0.05, 0.1) is 12.1 Å². The molecule has 0 bridgehead atoms. The van der Waals surface area contributed by atoms with Crippen LogP contribution in [0.4, 0.5) is 0 Å². The van der Waals surface area contributed by atoms with Gasteiger partial charge >= 0.3 is 0 Å². The third kappa shape index (κ3) is 5.79. The van der Waals surface area contributed by atoms with Gasteiger partial charge in [0.1, 0.15) is 0 Å². The topological polar surface area (TPSA) is 62.4 Å². The second kappa shape index (κ2) is 6.12. The summed E-state index contributed by atoms with van der Waals surface area (Å²) in [5, 5.41) is 13.6. The Morgan fingerprint density at radius 3 is 2.71 bits per heavy atom. The van der Waals surface area contributed by atoms with Crippen molar-refractivity contribution in [2.45, 2.75) is 52.2 Å². The van der Waals surface area contributed by atoms with E-state index in [2.05, 4.69) is 17.1 Å². The molecule has 0 radical (unpaired) electrons. The number of aliphatic hydroxyl groups is 1. The standard InChI is InChI=1S/C12H23N3O2/c1-5-6-7-10-13-11(17-14-10)8-15(4)9-12(2,3)16/h16H,5-9H2,1-4H3. The molecule has 0 aliphatic rings. The van der Waals surface area contributed by atoms with Crippen molar-refractivity contribution in [1.29, 1.82) is 0 Å². The number of likely N-dealkylation sites (N-methyl/N-ethyl adjacent to an activating group) is 1. The number of hydrogen-bond donors (Lipinski definition) is 1. The fourth-order valence-corrected chi connectivity index (χ4v) is 1.74. The lowest BCUT2D eigenvalue weighted by atomic mass is 10.1. The zero-order valence-corrected chi connectivity index (χ0v) is 11.2. The Bertz CT molecular complexity index is 331. The zero-order valence-electron chi connectivity index (χ0n) is 11.2. The largest absolute Gasteiger partial charge is 0.389 e. The zero-order chi connectivity index (χ0) is 12.9. The van der Waals surface area contributed by atoms with Crippen molar-refractivity contribution in [2.75, 3.05) is 13.6 Å². The molecule has 0 aliphatic heterocycles. The molecular weight excluding hydrogens is 218 g/mol. The van der Waals surface area contributed by atoms with Crippen LogP contribution in [0.15, 0.2) is 4.52 Å². The van der Waals surface area contributed by atoms with Gasteiger partial charge in [-0.1, -0.05) is 18.5 Å². The fourth-order valence-electron chi connectivity index (χ4n) is 1.74. The van der Waals surface area contributed by atoms with Gasteiger partial charge in [-0.3, -0.25) is 4.90 Å². The monoisotopic (exact) mass is 241 g/mol. The number of hydrogen-bond acceptors (Lipinski definition) is 5. The van der Waals surface area contributed by atoms with Gasteiger partial charge in [-0.25, -0.2) is 0 Å². The summed E-state index contributed by atoms with van der Waals surface area (Å²) in [4.78, 5) is 6.29. The van der Waals surface area contributed by atoms with E-state index in [0.717, 1.165) is 25.1 Å². The lowest BCUT2D eigenvalue weighted by Gasteiger charge is -2.23. The Balaban J connectivity index is 2.43. The first kappa shape index (κ1) is 14.1. The molecule has 5 nitrogen and oxygen atoms in total. The maximum absolute atomic E-state index is 9.68. The molecule has 1 N–H and O–H groups in total. The average Bonchev–Trinajstić information content (AvgIpc) is 2.59. The highest BCUT2D eigenvalue weighted by Crippen LogP contribution is 2.08. The van der Waals surface area contributed by atoms with E-state index in [1.165, 1.54) is 0 Å². The van der Waals surface area contributed by atoms with Gasteiger partial charge in [-0.15, -0.1) is 0 Å². The van der Waals surface area contributed by atoms with Crippen LogP contribution in [0.5, 0.6) is 0 Å². The van der Waals surface area contributed by atoms with E-state index in [4.69, 9.17) is 4.52 Å². The number of rotatable bonds is 7. The maximum atomic E-state index is 9.68. The summed E-state index contributed by atoms with van der Waals surface area (Å²) in [6.07, 6.45) is 3.08. The molecule has 1 heterocycles. The minimum atomic E-state index is -0.709. The Morgan fingerprint density at radius 1 is 1.41 bits per heavy atom. The summed E-state index contributed by atoms with van der Waals surface area (Å²) in [6.45, 7) is 6.84. The SMILES string of the molecule is CCCCc1noc(CN(C)CC(C)(C)O)n1. The van der Waals surface area contributed by atoms with Gasteiger partial charge in [-0.2, -0.15) is 4.98 Å². The van der Waals surface area contributed by atoms with Crippen molar-refractivity contribution in [3.63, 3.8) is 0 Å². The van der Waals surface area contributed by atoms with Crippen LogP contribution < -0.4 is 0 Å². The third-order valence-corrected chi connectivity index (χ3v) is 2.33. The van der Waals surface area contributed by atoms with Gasteiger partial charge in [-0.05, 0) is 27.3 Å². The van der Waals surface area contributed by atoms with E-state index in [-0.39, 0.29) is 0 Å². The molecule has 0 saturated heterocycles. The van der Waals surface area contributed by atoms with E-state index < -0.39 is 5.60 Å². The molecule has 0 aliphatic carbocycles. The molecule has 0 aromatic carbocycles. The second-order valence-electron chi connectivity index (χ2n) is 5.19. The highest BCUT2D eigenvalue weighted by Gasteiger charge is 2.17. The highest BCUT2D eigenvalue weighted by molar-refractivity contribution is 4.86. The molecule has 1 aromatic heterocycles. The second-order valence-corrected chi connectivity index (χ2v) is 5.19. The molecule has 0 spiro atoms. The van der Waals surface area contributed by atoms with Crippen LogP contribution in [0.2, 0.25) is 0 Å². The minimum absolute atomic E-state index is 0.569. The molecular formula is C12H23N3O2. The molecule has 1 rings (SSSR count). The van der Waals surface area contributed by atoms with Gasteiger partial charge in [0, 0.05) is 13.0 Å². The van der Waals surface area contributed by atoms with E-state index in [0.29, 0.717) is 19.0 Å². The molecule has 98 valence electrons. The smallest absolute Gasteiger partial charge is 0.240 e. The fraction of sp³-hybridized carbons (Fsp3) is 0.833. The third-order valence-electron chi connectivity index (χ3n) is 2.33. The Kier molecular flexibility index (Phi) is 5.08. The van der Waals surface area contributed by atoms with Crippen LogP contribution in [0.1, 0.15) is 45.3 Å². The first-order valence-corrected chi connectivity index (χ1v) is 6.13. The Morgan fingerprint density at radius 2 is 2.12 bits per heavy atom. The van der Waals surface area contributed by atoms with Crippen molar-refractivity contribution in [1.82, 2.24) is 15.0 Å². The number of nitrogens with zero attached hydrogens (tertiary/aromatic N) is 3. The van der Waals surface area contributed by atoms with E-state index in [9.17, 15) is 5.11 Å². The Hall–Kier alpha value is -0.940. The highest BCUT2D eigenvalue weighted by atomic mass is 16.5. The first-order valence-electron chi connectivity index (χ1n) is 6.13. The summed E-state index contributed by atoms with van der Waals surface area (Å²) < 4.78 is 5.16. The molecule has 5 heteroatoms. The minimum Gasteiger partial charge on any atom is -0.389 e. The molecule has 0 amide bonds. The van der Waals surface area contributed by atoms with Crippen molar-refractivity contribution in [3.8, 4) is 0 Å². The van der Waals surface area contributed by atoms with E-state index in [1.807, 2.05) is 11.9 Å². The summed E-state index contributed by atoms with van der Waals surface area (Å²) >= 11 is 0. The van der Waals surface area contributed by atoms with Crippen molar-refractivity contribution >= 4 is 0 Å². The summed E-state index contributed by atoms with van der Waals surface area (Å²) in [5.74, 6) is 1.39. The van der Waals surface area contributed by atoms with E-state index in [1.54, 1.807) is 13.8 Å². The van der Waals surface area contributed by atoms with E-state index >= 15 is 0 Å². The summed E-state index contributed by atoms with van der Waals surface area (Å²) in [7, 11) is 1.92. The lowest BCUT2D eigenvalue weighted by Crippen LogP contribution is -2.35. The molecule has 0 saturated carbocycles. The first-order chi connectivity index (χ1) is 7.90. The van der Waals surface area contributed by atoms with Crippen LogP contribution in [-0.4, -0.2) is 39.3 Å². The maximum Gasteiger partial charge on any atom is 0.240 e. The summed E-state index contributed by atoms with van der Waals surface area (Å²) in [6, 6.07) is 0. The predicted octanol–water partition coefficient (Wildman–Crippen LogP) is 1.61. The lowest BCUT2D eigenvalue weighted by molar-refractivity contribution is 0.0397. The van der Waals surface area contributed by atoms with Crippen LogP contribution in [0.25, 0.3) is 0 Å². The van der Waals surface area contributed by atoms with Gasteiger partial charge in [0.2, 0.25) is 5.89 Å². The molecule has 17 heavy (non-hydrogen) atoms. The van der Waals surface area contributed by atoms with Crippen molar-refractivity contribution in [2.24, 2.45) is 0 Å². The normalized spacial score (nSPS) is 12.4. The van der Waals surface area contributed by atoms with Crippen LogP contribution in [0, 0.1) is 0 Å². The quantitative estimate of drug-likeness (QED) is 0.786. The number of aryl methyl sites for hydroxylation is 1. The van der Waals surface area contributed by atoms with Gasteiger partial charge in [0.15, 0.2) is 5.82 Å². The number of unbranched alkanes of at least 4 members (excludes halogenated alkanes) is 1. The van der Waals surface area contributed by atoms with Gasteiger partial charge in [0.25, 0.3) is 0 Å². The molecule has 0 atom stereocenters. The van der Waals surface area contributed by atoms with Crippen LogP contribution >= 0.6 is 0 Å². The Labute approximate surface area is 103 Å². The van der Waals surface area contributed by atoms with Gasteiger partial charge < -0.3 is 9.63 Å². The van der Waals surface area contributed by atoms with Crippen molar-refractivity contribution in [3.05, 3.63) is 11.7 Å². The van der Waals surface area contributed by atoms with Crippen LogP contribution in [0.3, 0.4) is 0 Å². The average molecular weight is 241 g/mol.